The number of carbonyl (C=O) groups is 1. The number of aromatic nitrogens is 3. The van der Waals surface area contributed by atoms with Gasteiger partial charge in [0, 0.05) is 13.1 Å². The quantitative estimate of drug-likeness (QED) is 0.858. The summed E-state index contributed by atoms with van der Waals surface area (Å²) in [6, 6.07) is 6.79. The van der Waals surface area contributed by atoms with E-state index in [9.17, 15) is 9.18 Å². The molecule has 7 heteroatoms. The average Bonchev–Trinajstić information content (AvgIpc) is 3.20. The molecule has 0 aliphatic heterocycles. The topological polar surface area (TPSA) is 59.8 Å². The number of nitrogens with one attached hydrogen (secondary N) is 1. The van der Waals surface area contributed by atoms with Gasteiger partial charge in [-0.2, -0.15) is 0 Å². The third kappa shape index (κ3) is 3.24. The molecule has 2 aromatic rings. The van der Waals surface area contributed by atoms with E-state index in [2.05, 4.69) is 15.5 Å². The van der Waals surface area contributed by atoms with Crippen LogP contribution in [0.2, 0.25) is 0 Å². The summed E-state index contributed by atoms with van der Waals surface area (Å²) in [4.78, 5) is 11.7. The standard InChI is InChI=1S/C14H15FN4OS/c1-19-13(10-4-2-3-5-11(10)15)17-18-14(19)21-8-12(20)16-9-6-7-9/h2-5,9H,6-8H2,1H3,(H,16,20). The molecule has 21 heavy (non-hydrogen) atoms. The molecule has 0 spiro atoms. The van der Waals surface area contributed by atoms with Crippen LogP contribution in [-0.4, -0.2) is 32.5 Å². The van der Waals surface area contributed by atoms with Crippen LogP contribution in [0.5, 0.6) is 0 Å². The first-order valence-corrected chi connectivity index (χ1v) is 7.70. The Balaban J connectivity index is 1.70. The molecule has 1 aromatic carbocycles. The molecule has 5 nitrogen and oxygen atoms in total. The van der Waals surface area contributed by atoms with Crippen LogP contribution in [0.3, 0.4) is 0 Å². The molecule has 1 aliphatic rings. The zero-order valence-electron chi connectivity index (χ0n) is 11.5. The van der Waals surface area contributed by atoms with Crippen LogP contribution < -0.4 is 5.32 Å². The van der Waals surface area contributed by atoms with Crippen LogP contribution in [0.1, 0.15) is 12.8 Å². The normalized spacial score (nSPS) is 14.2. The Morgan fingerprint density at radius 1 is 1.43 bits per heavy atom. The number of halogens is 1. The number of thioether (sulfide) groups is 1. The van der Waals surface area contributed by atoms with E-state index < -0.39 is 0 Å². The van der Waals surface area contributed by atoms with Crippen LogP contribution in [-0.2, 0) is 11.8 Å². The number of nitrogens with zero attached hydrogens (tertiary/aromatic N) is 3. The zero-order chi connectivity index (χ0) is 14.8. The van der Waals surface area contributed by atoms with Crippen LogP contribution >= 0.6 is 11.8 Å². The Labute approximate surface area is 125 Å². The lowest BCUT2D eigenvalue weighted by Crippen LogP contribution is -2.27. The lowest BCUT2D eigenvalue weighted by Gasteiger charge is -2.05. The number of rotatable bonds is 5. The lowest BCUT2D eigenvalue weighted by molar-refractivity contribution is -0.118. The molecule has 1 aliphatic carbocycles. The molecule has 110 valence electrons. The summed E-state index contributed by atoms with van der Waals surface area (Å²) in [7, 11) is 1.77. The van der Waals surface area contributed by atoms with Crippen molar-refractivity contribution in [3.8, 4) is 11.4 Å². The molecule has 0 radical (unpaired) electrons. The Hall–Kier alpha value is -1.89. The third-order valence-corrected chi connectivity index (χ3v) is 4.24. The first kappa shape index (κ1) is 14.1. The van der Waals surface area contributed by atoms with E-state index >= 15 is 0 Å². The van der Waals surface area contributed by atoms with Crippen molar-refractivity contribution in [2.24, 2.45) is 7.05 Å². The van der Waals surface area contributed by atoms with Gasteiger partial charge in [-0.15, -0.1) is 10.2 Å². The fourth-order valence-electron chi connectivity index (χ4n) is 1.94. The van der Waals surface area contributed by atoms with E-state index in [1.807, 2.05) is 0 Å². The maximum Gasteiger partial charge on any atom is 0.230 e. The van der Waals surface area contributed by atoms with Crippen LogP contribution in [0.4, 0.5) is 4.39 Å². The fourth-order valence-corrected chi connectivity index (χ4v) is 2.67. The number of hydrogen-bond acceptors (Lipinski definition) is 4. The van der Waals surface area contributed by atoms with Gasteiger partial charge < -0.3 is 9.88 Å². The molecular weight excluding hydrogens is 291 g/mol. The highest BCUT2D eigenvalue weighted by Gasteiger charge is 2.23. The first-order valence-electron chi connectivity index (χ1n) is 6.71. The van der Waals surface area contributed by atoms with Gasteiger partial charge in [0.1, 0.15) is 5.82 Å². The van der Waals surface area contributed by atoms with Gasteiger partial charge in [-0.05, 0) is 25.0 Å². The SMILES string of the molecule is Cn1c(SCC(=O)NC2CC2)nnc1-c1ccccc1F. The largest absolute Gasteiger partial charge is 0.353 e. The molecule has 1 amide bonds. The van der Waals surface area contributed by atoms with E-state index in [4.69, 9.17) is 0 Å². The maximum absolute atomic E-state index is 13.8. The molecule has 3 rings (SSSR count). The second-order valence-electron chi connectivity index (χ2n) is 4.98. The highest BCUT2D eigenvalue weighted by molar-refractivity contribution is 7.99. The van der Waals surface area contributed by atoms with Crippen molar-refractivity contribution >= 4 is 17.7 Å². The predicted octanol–water partition coefficient (Wildman–Crippen LogP) is 1.99. The van der Waals surface area contributed by atoms with Gasteiger partial charge in [0.15, 0.2) is 11.0 Å². The average molecular weight is 306 g/mol. The Morgan fingerprint density at radius 2 is 2.19 bits per heavy atom. The van der Waals surface area contributed by atoms with Crippen molar-refractivity contribution in [3.63, 3.8) is 0 Å². The van der Waals surface area contributed by atoms with Crippen molar-refractivity contribution in [1.29, 1.82) is 0 Å². The van der Waals surface area contributed by atoms with Crippen LogP contribution in [0, 0.1) is 5.82 Å². The van der Waals surface area contributed by atoms with Gasteiger partial charge in [-0.3, -0.25) is 4.79 Å². The van der Waals surface area contributed by atoms with Gasteiger partial charge in [0.2, 0.25) is 5.91 Å². The van der Waals surface area contributed by atoms with E-state index in [1.165, 1.54) is 17.8 Å². The van der Waals surface area contributed by atoms with Crippen molar-refractivity contribution in [1.82, 2.24) is 20.1 Å². The van der Waals surface area contributed by atoms with E-state index in [0.29, 0.717) is 28.3 Å². The molecule has 0 saturated heterocycles. The van der Waals surface area contributed by atoms with Crippen molar-refractivity contribution in [2.45, 2.75) is 24.0 Å². The Bertz CT molecular complexity index is 669. The smallest absolute Gasteiger partial charge is 0.230 e. The Morgan fingerprint density at radius 3 is 2.90 bits per heavy atom. The first-order chi connectivity index (χ1) is 10.1. The predicted molar refractivity (Wildman–Crippen MR) is 78.3 cm³/mol. The monoisotopic (exact) mass is 306 g/mol. The summed E-state index contributed by atoms with van der Waals surface area (Å²) in [6.45, 7) is 0. The van der Waals surface area contributed by atoms with Gasteiger partial charge in [-0.25, -0.2) is 4.39 Å². The molecule has 1 aromatic heterocycles. The van der Waals surface area contributed by atoms with E-state index in [0.717, 1.165) is 12.8 Å². The van der Waals surface area contributed by atoms with Crippen LogP contribution in [0.15, 0.2) is 29.4 Å². The third-order valence-electron chi connectivity index (χ3n) is 3.22. The number of benzene rings is 1. The molecule has 0 bridgehead atoms. The molecule has 1 N–H and O–H groups in total. The highest BCUT2D eigenvalue weighted by Crippen LogP contribution is 2.25. The van der Waals surface area contributed by atoms with Gasteiger partial charge in [-0.1, -0.05) is 23.9 Å². The van der Waals surface area contributed by atoms with Gasteiger partial charge >= 0.3 is 0 Å². The number of carbonyl (C=O) groups excluding carboxylic acids is 1. The molecule has 1 heterocycles. The fraction of sp³-hybridized carbons (Fsp3) is 0.357. The van der Waals surface area contributed by atoms with E-state index in [1.54, 1.807) is 29.8 Å². The molecule has 1 saturated carbocycles. The van der Waals surface area contributed by atoms with E-state index in [-0.39, 0.29) is 11.7 Å². The van der Waals surface area contributed by atoms with Crippen molar-refractivity contribution in [3.05, 3.63) is 30.1 Å². The minimum Gasteiger partial charge on any atom is -0.353 e. The highest BCUT2D eigenvalue weighted by atomic mass is 32.2. The van der Waals surface area contributed by atoms with Crippen LogP contribution in [0.25, 0.3) is 11.4 Å². The Kier molecular flexibility index (Phi) is 3.92. The molecular formula is C14H15FN4OS. The minimum absolute atomic E-state index is 0.00191. The number of amides is 1. The number of hydrogen-bond donors (Lipinski definition) is 1. The molecule has 0 atom stereocenters. The van der Waals surface area contributed by atoms with Crippen molar-refractivity contribution < 1.29 is 9.18 Å². The summed E-state index contributed by atoms with van der Waals surface area (Å²) in [5.41, 5.74) is 0.404. The zero-order valence-corrected chi connectivity index (χ0v) is 12.4. The second kappa shape index (κ2) is 5.85. The summed E-state index contributed by atoms with van der Waals surface area (Å²) < 4.78 is 15.5. The molecule has 0 unspecified atom stereocenters. The summed E-state index contributed by atoms with van der Waals surface area (Å²) >= 11 is 1.30. The lowest BCUT2D eigenvalue weighted by atomic mass is 10.2. The maximum atomic E-state index is 13.8. The summed E-state index contributed by atoms with van der Waals surface area (Å²) in [5.74, 6) is 0.409. The molecule has 1 fully saturated rings. The van der Waals surface area contributed by atoms with Gasteiger partial charge in [0.05, 0.1) is 11.3 Å². The minimum atomic E-state index is -0.337. The second-order valence-corrected chi connectivity index (χ2v) is 5.92. The summed E-state index contributed by atoms with van der Waals surface area (Å²) in [5, 5.41) is 11.6. The summed E-state index contributed by atoms with van der Waals surface area (Å²) in [6.07, 6.45) is 2.13. The van der Waals surface area contributed by atoms with Gasteiger partial charge in [0.25, 0.3) is 0 Å². The van der Waals surface area contributed by atoms with Crippen molar-refractivity contribution in [2.75, 3.05) is 5.75 Å².